The zero-order valence-electron chi connectivity index (χ0n) is 11.7. The van der Waals surface area contributed by atoms with Crippen LogP contribution in [0, 0.1) is 22.7 Å². The van der Waals surface area contributed by atoms with Gasteiger partial charge >= 0.3 is 0 Å². The van der Waals surface area contributed by atoms with Gasteiger partial charge in [0, 0.05) is 16.3 Å². The lowest BCUT2D eigenvalue weighted by Crippen LogP contribution is -2.11. The molecule has 0 unspecified atom stereocenters. The van der Waals surface area contributed by atoms with E-state index in [1.807, 2.05) is 0 Å². The first-order chi connectivity index (χ1) is 11.1. The second-order valence-electron chi connectivity index (χ2n) is 4.34. The Morgan fingerprint density at radius 3 is 2.35 bits per heavy atom. The first-order valence-electron chi connectivity index (χ1n) is 6.43. The third kappa shape index (κ3) is 4.57. The molecule has 7 heteroatoms. The summed E-state index contributed by atoms with van der Waals surface area (Å²) >= 11 is 5.78. The Morgan fingerprint density at radius 1 is 1.04 bits per heavy atom. The Hall–Kier alpha value is -3.35. The van der Waals surface area contributed by atoms with Gasteiger partial charge in [0.1, 0.15) is 12.1 Å². The van der Waals surface area contributed by atoms with E-state index in [1.165, 1.54) is 0 Å². The van der Waals surface area contributed by atoms with Gasteiger partial charge in [0.2, 0.25) is 5.71 Å². The van der Waals surface area contributed by atoms with Crippen molar-refractivity contribution in [3.63, 3.8) is 0 Å². The molecule has 0 saturated heterocycles. The van der Waals surface area contributed by atoms with E-state index in [1.54, 1.807) is 60.7 Å². The summed E-state index contributed by atoms with van der Waals surface area (Å²) in [7, 11) is 0. The average molecular weight is 324 g/mol. The lowest BCUT2D eigenvalue weighted by molar-refractivity contribution is 0.102. The normalized spacial score (nSPS) is 9.17. The second-order valence-corrected chi connectivity index (χ2v) is 4.77. The largest absolute Gasteiger partial charge is 0.322 e. The smallest absolute Gasteiger partial charge is 0.255 e. The van der Waals surface area contributed by atoms with Crippen LogP contribution in [0.1, 0.15) is 10.4 Å². The molecule has 2 aromatic carbocycles. The van der Waals surface area contributed by atoms with E-state index in [2.05, 4.69) is 15.8 Å². The van der Waals surface area contributed by atoms with Crippen molar-refractivity contribution in [2.24, 2.45) is 5.10 Å². The van der Waals surface area contributed by atoms with Crippen LogP contribution in [-0.2, 0) is 0 Å². The van der Waals surface area contributed by atoms with E-state index < -0.39 is 0 Å². The van der Waals surface area contributed by atoms with Gasteiger partial charge in [-0.2, -0.15) is 15.6 Å². The maximum absolute atomic E-state index is 12.1. The maximum Gasteiger partial charge on any atom is 0.255 e. The number of hydrogen-bond donors (Lipinski definition) is 2. The van der Waals surface area contributed by atoms with Crippen LogP contribution in [-0.4, -0.2) is 11.6 Å². The van der Waals surface area contributed by atoms with Crippen LogP contribution in [0.2, 0.25) is 5.02 Å². The van der Waals surface area contributed by atoms with Crippen LogP contribution in [0.25, 0.3) is 0 Å². The molecule has 0 aliphatic carbocycles. The van der Waals surface area contributed by atoms with Gasteiger partial charge in [-0.15, -0.1) is 0 Å². The number of rotatable bonds is 4. The molecule has 0 aliphatic rings. The fourth-order valence-electron chi connectivity index (χ4n) is 1.67. The predicted molar refractivity (Wildman–Crippen MR) is 88.1 cm³/mol. The minimum absolute atomic E-state index is 0.281. The van der Waals surface area contributed by atoms with Gasteiger partial charge < -0.3 is 5.32 Å². The molecular weight excluding hydrogens is 314 g/mol. The zero-order chi connectivity index (χ0) is 16.7. The Balaban J connectivity index is 2.10. The van der Waals surface area contributed by atoms with E-state index in [9.17, 15) is 4.79 Å². The van der Waals surface area contributed by atoms with Crippen molar-refractivity contribution >= 4 is 34.6 Å². The molecule has 2 N–H and O–H groups in total. The number of nitrogens with one attached hydrogen (secondary N) is 2. The summed E-state index contributed by atoms with van der Waals surface area (Å²) < 4.78 is 0. The van der Waals surface area contributed by atoms with Gasteiger partial charge in [0.15, 0.2) is 0 Å². The molecular formula is C16H10ClN5O. The standard InChI is InChI=1S/C16H10ClN5O/c17-12-6-4-11(5-7-12)16(23)20-13-2-1-3-14(8-13)21-22-15(9-18)10-19/h1-8,21H,(H,20,23). The highest BCUT2D eigenvalue weighted by Gasteiger charge is 2.06. The Morgan fingerprint density at radius 2 is 1.70 bits per heavy atom. The number of carbonyl (C=O) groups excluding carboxylic acids is 1. The molecule has 6 nitrogen and oxygen atoms in total. The first-order valence-corrected chi connectivity index (χ1v) is 6.81. The number of benzene rings is 2. The van der Waals surface area contributed by atoms with Crippen molar-refractivity contribution in [3.05, 3.63) is 59.1 Å². The summed E-state index contributed by atoms with van der Waals surface area (Å²) in [6.07, 6.45) is 0. The third-order valence-corrected chi connectivity index (χ3v) is 2.99. The molecule has 1 amide bonds. The van der Waals surface area contributed by atoms with E-state index in [-0.39, 0.29) is 11.6 Å². The van der Waals surface area contributed by atoms with Crippen molar-refractivity contribution in [1.82, 2.24) is 0 Å². The van der Waals surface area contributed by atoms with Crippen LogP contribution < -0.4 is 10.7 Å². The molecule has 0 fully saturated rings. The molecule has 0 saturated carbocycles. The highest BCUT2D eigenvalue weighted by molar-refractivity contribution is 6.30. The molecule has 0 spiro atoms. The van der Waals surface area contributed by atoms with Gasteiger partial charge in [0.05, 0.1) is 5.69 Å². The van der Waals surface area contributed by atoms with Crippen molar-refractivity contribution in [2.75, 3.05) is 10.7 Å². The zero-order valence-corrected chi connectivity index (χ0v) is 12.5. The van der Waals surface area contributed by atoms with E-state index in [4.69, 9.17) is 22.1 Å². The Kier molecular flexibility index (Phi) is 5.30. The molecule has 23 heavy (non-hydrogen) atoms. The van der Waals surface area contributed by atoms with Gasteiger partial charge in [-0.05, 0) is 42.5 Å². The molecule has 0 bridgehead atoms. The predicted octanol–water partition coefficient (Wildman–Crippen LogP) is 3.41. The van der Waals surface area contributed by atoms with Gasteiger partial charge in [-0.1, -0.05) is 17.7 Å². The Labute approximate surface area is 137 Å². The summed E-state index contributed by atoms with van der Waals surface area (Å²) in [5, 5.41) is 24.1. The quantitative estimate of drug-likeness (QED) is 0.665. The van der Waals surface area contributed by atoms with E-state index >= 15 is 0 Å². The minimum Gasteiger partial charge on any atom is -0.322 e. The minimum atomic E-state index is -0.291. The highest BCUT2D eigenvalue weighted by Crippen LogP contribution is 2.17. The number of anilines is 2. The van der Waals surface area contributed by atoms with Crippen molar-refractivity contribution in [2.45, 2.75) is 0 Å². The number of nitriles is 2. The van der Waals surface area contributed by atoms with Crippen LogP contribution in [0.5, 0.6) is 0 Å². The summed E-state index contributed by atoms with van der Waals surface area (Å²) in [6.45, 7) is 0. The van der Waals surface area contributed by atoms with Crippen LogP contribution in [0.4, 0.5) is 11.4 Å². The topological polar surface area (TPSA) is 101 Å². The van der Waals surface area contributed by atoms with Gasteiger partial charge in [-0.3, -0.25) is 10.2 Å². The molecule has 0 aliphatic heterocycles. The van der Waals surface area contributed by atoms with Crippen LogP contribution >= 0.6 is 11.6 Å². The number of halogens is 1. The highest BCUT2D eigenvalue weighted by atomic mass is 35.5. The molecule has 0 heterocycles. The summed E-state index contributed by atoms with van der Waals surface area (Å²) in [6, 6.07) is 16.5. The van der Waals surface area contributed by atoms with Crippen molar-refractivity contribution in [3.8, 4) is 12.1 Å². The Bertz CT molecular complexity index is 815. The lowest BCUT2D eigenvalue weighted by Gasteiger charge is -2.07. The molecule has 2 rings (SSSR count). The maximum atomic E-state index is 12.1. The molecule has 0 aromatic heterocycles. The fraction of sp³-hybridized carbons (Fsp3) is 0. The number of amides is 1. The van der Waals surface area contributed by atoms with Gasteiger partial charge in [-0.25, -0.2) is 0 Å². The molecule has 112 valence electrons. The second kappa shape index (κ2) is 7.60. The lowest BCUT2D eigenvalue weighted by atomic mass is 10.2. The SMILES string of the molecule is N#CC(C#N)=NNc1cccc(NC(=O)c2ccc(Cl)cc2)c1. The van der Waals surface area contributed by atoms with Crippen LogP contribution in [0.3, 0.4) is 0 Å². The number of nitrogens with zero attached hydrogens (tertiary/aromatic N) is 3. The number of hydrazone groups is 1. The van der Waals surface area contributed by atoms with E-state index in [0.717, 1.165) is 0 Å². The fourth-order valence-corrected chi connectivity index (χ4v) is 1.79. The molecule has 2 aromatic rings. The third-order valence-electron chi connectivity index (χ3n) is 2.74. The monoisotopic (exact) mass is 323 g/mol. The number of carbonyl (C=O) groups is 1. The van der Waals surface area contributed by atoms with Gasteiger partial charge in [0.25, 0.3) is 5.91 Å². The average Bonchev–Trinajstić information content (AvgIpc) is 2.56. The first kappa shape index (κ1) is 16.0. The number of hydrogen-bond acceptors (Lipinski definition) is 5. The summed E-state index contributed by atoms with van der Waals surface area (Å²) in [5.41, 5.74) is 3.84. The molecule has 0 atom stereocenters. The van der Waals surface area contributed by atoms with Crippen LogP contribution in [0.15, 0.2) is 53.6 Å². The van der Waals surface area contributed by atoms with Crippen molar-refractivity contribution < 1.29 is 4.79 Å². The summed E-state index contributed by atoms with van der Waals surface area (Å²) in [4.78, 5) is 12.1. The van der Waals surface area contributed by atoms with E-state index in [0.29, 0.717) is 22.0 Å². The summed E-state index contributed by atoms with van der Waals surface area (Å²) in [5.74, 6) is -0.281. The van der Waals surface area contributed by atoms with Crippen molar-refractivity contribution in [1.29, 1.82) is 10.5 Å². The molecule has 0 radical (unpaired) electrons.